The monoisotopic (exact) mass is 477 g/mol. The molecule has 1 aliphatic heterocycles. The fraction of sp³-hybridized carbons (Fsp3) is 0.0417. The van der Waals surface area contributed by atoms with Crippen LogP contribution in [-0.2, 0) is 16.2 Å². The summed E-state index contributed by atoms with van der Waals surface area (Å²) in [6.07, 6.45) is 1.38. The summed E-state index contributed by atoms with van der Waals surface area (Å²) in [5.41, 5.74) is 1.04. The molecule has 0 aliphatic carbocycles. The van der Waals surface area contributed by atoms with Gasteiger partial charge in [0.25, 0.3) is 17.5 Å². The molecule has 3 aromatic rings. The summed E-state index contributed by atoms with van der Waals surface area (Å²) in [7, 11) is 0. The van der Waals surface area contributed by atoms with Crippen molar-refractivity contribution in [3.63, 3.8) is 0 Å². The van der Waals surface area contributed by atoms with Gasteiger partial charge >= 0.3 is 0 Å². The lowest BCUT2D eigenvalue weighted by atomic mass is 10.1. The van der Waals surface area contributed by atoms with Gasteiger partial charge in [-0.2, -0.15) is 0 Å². The van der Waals surface area contributed by atoms with Gasteiger partial charge in [-0.3, -0.25) is 25.0 Å². The van der Waals surface area contributed by atoms with Crippen molar-refractivity contribution in [2.24, 2.45) is 0 Å². The summed E-state index contributed by atoms with van der Waals surface area (Å²) >= 11 is 5.08. The molecule has 0 bridgehead atoms. The first-order valence-corrected chi connectivity index (χ1v) is 10.4. The van der Waals surface area contributed by atoms with Crippen LogP contribution in [0.1, 0.15) is 11.1 Å². The Labute approximate surface area is 198 Å². The third-order valence-corrected chi connectivity index (χ3v) is 5.22. The number of rotatable bonds is 6. The Morgan fingerprint density at radius 1 is 1.03 bits per heavy atom. The highest BCUT2D eigenvalue weighted by Gasteiger charge is 2.35. The Balaban J connectivity index is 1.49. The number of amides is 2. The Morgan fingerprint density at radius 2 is 1.71 bits per heavy atom. The van der Waals surface area contributed by atoms with Crippen LogP contribution in [0, 0.1) is 15.9 Å². The molecule has 1 fully saturated rings. The van der Waals surface area contributed by atoms with E-state index in [9.17, 15) is 24.1 Å². The van der Waals surface area contributed by atoms with Crippen molar-refractivity contribution in [2.45, 2.75) is 6.61 Å². The first-order chi connectivity index (χ1) is 16.3. The molecule has 34 heavy (non-hydrogen) atoms. The van der Waals surface area contributed by atoms with Crippen LogP contribution < -0.4 is 15.0 Å². The molecule has 4 rings (SSSR count). The third kappa shape index (κ3) is 4.81. The van der Waals surface area contributed by atoms with E-state index in [4.69, 9.17) is 17.0 Å². The highest BCUT2D eigenvalue weighted by molar-refractivity contribution is 7.80. The molecule has 0 atom stereocenters. The zero-order valence-electron chi connectivity index (χ0n) is 17.4. The number of hydrogen-bond acceptors (Lipinski definition) is 6. The Bertz CT molecular complexity index is 1320. The second kappa shape index (κ2) is 9.59. The predicted octanol–water partition coefficient (Wildman–Crippen LogP) is 4.14. The maximum atomic E-state index is 14.2. The number of thiocarbonyl (C=S) groups is 1. The number of non-ortho nitro benzene ring substituents is 1. The number of nitrogens with zero attached hydrogens (tertiary/aromatic N) is 2. The summed E-state index contributed by atoms with van der Waals surface area (Å²) in [6.45, 7) is 0.203. The Morgan fingerprint density at radius 3 is 2.35 bits per heavy atom. The number of nitro groups is 1. The highest BCUT2D eigenvalue weighted by Crippen LogP contribution is 2.25. The number of nitrogens with one attached hydrogen (secondary N) is 1. The van der Waals surface area contributed by atoms with Gasteiger partial charge in [-0.15, -0.1) is 0 Å². The summed E-state index contributed by atoms with van der Waals surface area (Å²) in [4.78, 5) is 36.6. The molecule has 0 aromatic heterocycles. The number of hydrogen-bond donors (Lipinski definition) is 1. The zero-order chi connectivity index (χ0) is 24.2. The second-order valence-electron chi connectivity index (χ2n) is 7.19. The summed E-state index contributed by atoms with van der Waals surface area (Å²) in [5, 5.41) is 12.9. The maximum Gasteiger partial charge on any atom is 0.270 e. The van der Waals surface area contributed by atoms with E-state index in [2.05, 4.69) is 5.32 Å². The number of ether oxygens (including phenoxy) is 1. The SMILES string of the molecule is O=C1NC(=S)N(c2ccccc2F)C(=O)/C1=C\c1ccc(OCc2ccc([N+](=O)[O-])cc2)cc1. The van der Waals surface area contributed by atoms with Crippen molar-refractivity contribution in [2.75, 3.05) is 4.90 Å². The highest BCUT2D eigenvalue weighted by atomic mass is 32.1. The molecule has 3 aromatic carbocycles. The minimum absolute atomic E-state index is 0.00299. The molecule has 1 heterocycles. The molecule has 10 heteroatoms. The molecular weight excluding hydrogens is 461 g/mol. The van der Waals surface area contributed by atoms with Gasteiger partial charge in [0.2, 0.25) is 0 Å². The third-order valence-electron chi connectivity index (χ3n) is 4.94. The van der Waals surface area contributed by atoms with Gasteiger partial charge in [0, 0.05) is 12.1 Å². The van der Waals surface area contributed by atoms with E-state index in [1.165, 1.54) is 36.4 Å². The number of carbonyl (C=O) groups is 2. The number of nitro benzene ring substituents is 1. The van der Waals surface area contributed by atoms with E-state index in [0.29, 0.717) is 11.3 Å². The molecule has 1 N–H and O–H groups in total. The van der Waals surface area contributed by atoms with Crippen molar-refractivity contribution in [3.8, 4) is 5.75 Å². The topological polar surface area (TPSA) is 102 Å². The van der Waals surface area contributed by atoms with Crippen LogP contribution in [0.15, 0.2) is 78.4 Å². The maximum absolute atomic E-state index is 14.2. The normalized spacial score (nSPS) is 14.8. The number of carbonyl (C=O) groups excluding carboxylic acids is 2. The van der Waals surface area contributed by atoms with Crippen molar-refractivity contribution < 1.29 is 23.6 Å². The van der Waals surface area contributed by atoms with E-state index in [1.807, 2.05) is 0 Å². The Kier molecular flexibility index (Phi) is 6.42. The van der Waals surface area contributed by atoms with Crippen LogP contribution in [0.2, 0.25) is 0 Å². The fourth-order valence-electron chi connectivity index (χ4n) is 3.22. The van der Waals surface area contributed by atoms with E-state index >= 15 is 0 Å². The van der Waals surface area contributed by atoms with Crippen molar-refractivity contribution in [1.29, 1.82) is 0 Å². The smallest absolute Gasteiger partial charge is 0.270 e. The van der Waals surface area contributed by atoms with E-state index in [-0.39, 0.29) is 28.7 Å². The van der Waals surface area contributed by atoms with Gasteiger partial charge in [0.15, 0.2) is 5.11 Å². The number of para-hydroxylation sites is 1. The molecule has 0 saturated carbocycles. The van der Waals surface area contributed by atoms with Gasteiger partial charge in [-0.05, 0) is 65.8 Å². The average molecular weight is 477 g/mol. The van der Waals surface area contributed by atoms with Gasteiger partial charge in [0.1, 0.15) is 23.7 Å². The number of halogens is 1. The Hall–Kier alpha value is -4.44. The van der Waals surface area contributed by atoms with Crippen LogP contribution in [0.5, 0.6) is 5.75 Å². The first kappa shape index (κ1) is 22.7. The summed E-state index contributed by atoms with van der Waals surface area (Å²) in [5.74, 6) is -1.55. The minimum atomic E-state index is -0.739. The molecule has 0 radical (unpaired) electrons. The van der Waals surface area contributed by atoms with Crippen LogP contribution >= 0.6 is 12.2 Å². The first-order valence-electron chi connectivity index (χ1n) is 9.95. The average Bonchev–Trinajstić information content (AvgIpc) is 2.82. The van der Waals surface area contributed by atoms with Crippen molar-refractivity contribution in [1.82, 2.24) is 5.32 Å². The minimum Gasteiger partial charge on any atom is -0.489 e. The van der Waals surface area contributed by atoms with E-state index < -0.39 is 22.6 Å². The molecule has 2 amide bonds. The molecule has 1 saturated heterocycles. The largest absolute Gasteiger partial charge is 0.489 e. The lowest BCUT2D eigenvalue weighted by molar-refractivity contribution is -0.384. The van der Waals surface area contributed by atoms with Gasteiger partial charge in [-0.1, -0.05) is 24.3 Å². The van der Waals surface area contributed by atoms with Crippen LogP contribution in [0.3, 0.4) is 0 Å². The molecule has 170 valence electrons. The molecule has 1 aliphatic rings. The van der Waals surface area contributed by atoms with Crippen LogP contribution in [0.25, 0.3) is 6.08 Å². The summed E-state index contributed by atoms with van der Waals surface area (Å²) in [6, 6.07) is 18.3. The van der Waals surface area contributed by atoms with Crippen molar-refractivity contribution >= 4 is 46.6 Å². The van der Waals surface area contributed by atoms with Gasteiger partial charge < -0.3 is 4.74 Å². The zero-order valence-corrected chi connectivity index (χ0v) is 18.3. The van der Waals surface area contributed by atoms with Crippen LogP contribution in [-0.4, -0.2) is 21.9 Å². The molecule has 0 spiro atoms. The second-order valence-corrected chi connectivity index (χ2v) is 7.58. The van der Waals surface area contributed by atoms with Gasteiger partial charge in [-0.25, -0.2) is 9.29 Å². The number of anilines is 1. The van der Waals surface area contributed by atoms with E-state index in [1.54, 1.807) is 42.5 Å². The lowest BCUT2D eigenvalue weighted by Crippen LogP contribution is -2.54. The lowest BCUT2D eigenvalue weighted by Gasteiger charge is -2.29. The van der Waals surface area contributed by atoms with E-state index in [0.717, 1.165) is 10.5 Å². The van der Waals surface area contributed by atoms with Crippen LogP contribution in [0.4, 0.5) is 15.8 Å². The van der Waals surface area contributed by atoms with Gasteiger partial charge in [0.05, 0.1) is 10.6 Å². The summed E-state index contributed by atoms with van der Waals surface area (Å²) < 4.78 is 19.9. The molecule has 8 nitrogen and oxygen atoms in total. The predicted molar refractivity (Wildman–Crippen MR) is 126 cm³/mol. The number of benzene rings is 3. The fourth-order valence-corrected chi connectivity index (χ4v) is 3.49. The quantitative estimate of drug-likeness (QED) is 0.188. The standard InChI is InChI=1S/C24H16FN3O5S/c25-20-3-1-2-4-21(20)27-23(30)19(22(29)26-24(27)34)13-15-7-11-18(12-8-15)33-14-16-5-9-17(10-6-16)28(31)32/h1-13H,14H2,(H,26,29,34)/b19-13-. The molecule has 0 unspecified atom stereocenters. The van der Waals surface area contributed by atoms with Crippen molar-refractivity contribution in [3.05, 3.63) is 105 Å². The molecular formula is C24H16FN3O5S.